The van der Waals surface area contributed by atoms with Gasteiger partial charge in [0.2, 0.25) is 5.91 Å². The molecular weight excluding hydrogens is 388 g/mol. The second kappa shape index (κ2) is 9.60. The standard InChI is InChI=1S/C25H38N4O2/c1-3-4-11-26-24(31)29-12-9-25(10-13-29)19-20(21-7-5-6-8-22(21)25)18-23(30)28-16-14-27(2)15-17-28/h5-8,20H,3-4,9-19H2,1-2H3,(H,26,31). The maximum atomic E-state index is 13.1. The molecule has 2 heterocycles. The lowest BCUT2D eigenvalue weighted by Gasteiger charge is -2.40. The van der Waals surface area contributed by atoms with Crippen LogP contribution in [0.1, 0.15) is 62.5 Å². The minimum atomic E-state index is 0.0800. The number of rotatable bonds is 5. The van der Waals surface area contributed by atoms with Gasteiger partial charge in [0, 0.05) is 52.2 Å². The van der Waals surface area contributed by atoms with Crippen molar-refractivity contribution in [3.63, 3.8) is 0 Å². The summed E-state index contributed by atoms with van der Waals surface area (Å²) in [4.78, 5) is 31.9. The van der Waals surface area contributed by atoms with Gasteiger partial charge >= 0.3 is 6.03 Å². The van der Waals surface area contributed by atoms with Gasteiger partial charge in [-0.25, -0.2) is 4.79 Å². The first-order valence-electron chi connectivity index (χ1n) is 12.1. The smallest absolute Gasteiger partial charge is 0.317 e. The Morgan fingerprint density at radius 3 is 2.45 bits per heavy atom. The lowest BCUT2D eigenvalue weighted by Crippen LogP contribution is -2.48. The fourth-order valence-corrected chi connectivity index (χ4v) is 5.70. The van der Waals surface area contributed by atoms with E-state index in [1.165, 1.54) is 11.1 Å². The van der Waals surface area contributed by atoms with Crippen LogP contribution >= 0.6 is 0 Å². The minimum absolute atomic E-state index is 0.0800. The van der Waals surface area contributed by atoms with Crippen LogP contribution in [0.5, 0.6) is 0 Å². The van der Waals surface area contributed by atoms with Gasteiger partial charge in [0.05, 0.1) is 0 Å². The van der Waals surface area contributed by atoms with Gasteiger partial charge < -0.3 is 20.0 Å². The van der Waals surface area contributed by atoms with Crippen LogP contribution in [0.3, 0.4) is 0 Å². The Labute approximate surface area is 187 Å². The number of likely N-dealkylation sites (N-methyl/N-ethyl adjacent to an activating group) is 1. The highest BCUT2D eigenvalue weighted by Gasteiger charge is 2.46. The number of carbonyl (C=O) groups excluding carboxylic acids is 2. The number of carbonyl (C=O) groups is 2. The predicted octanol–water partition coefficient (Wildman–Crippen LogP) is 3.18. The van der Waals surface area contributed by atoms with E-state index in [0.717, 1.165) is 77.9 Å². The molecule has 1 atom stereocenters. The topological polar surface area (TPSA) is 55.9 Å². The minimum Gasteiger partial charge on any atom is -0.340 e. The van der Waals surface area contributed by atoms with Crippen LogP contribution in [0.25, 0.3) is 0 Å². The second-order valence-corrected chi connectivity index (χ2v) is 9.73. The Kier molecular flexibility index (Phi) is 6.85. The third kappa shape index (κ3) is 4.74. The second-order valence-electron chi connectivity index (χ2n) is 9.73. The quantitative estimate of drug-likeness (QED) is 0.736. The number of nitrogens with zero attached hydrogens (tertiary/aromatic N) is 3. The van der Waals surface area contributed by atoms with E-state index in [-0.39, 0.29) is 11.4 Å². The van der Waals surface area contributed by atoms with Crippen molar-refractivity contribution < 1.29 is 9.59 Å². The van der Waals surface area contributed by atoms with Gasteiger partial charge in [-0.1, -0.05) is 37.6 Å². The zero-order valence-corrected chi connectivity index (χ0v) is 19.2. The molecule has 2 fully saturated rings. The number of benzene rings is 1. The molecule has 2 saturated heterocycles. The molecule has 1 aliphatic carbocycles. The number of amides is 3. The van der Waals surface area contributed by atoms with Crippen LogP contribution in [0.2, 0.25) is 0 Å². The zero-order valence-electron chi connectivity index (χ0n) is 19.2. The van der Waals surface area contributed by atoms with E-state index >= 15 is 0 Å². The predicted molar refractivity (Wildman–Crippen MR) is 123 cm³/mol. The van der Waals surface area contributed by atoms with Gasteiger partial charge in [-0.2, -0.15) is 0 Å². The summed E-state index contributed by atoms with van der Waals surface area (Å²) in [5, 5.41) is 3.06. The van der Waals surface area contributed by atoms with E-state index in [9.17, 15) is 9.59 Å². The van der Waals surface area contributed by atoms with E-state index < -0.39 is 0 Å². The summed E-state index contributed by atoms with van der Waals surface area (Å²) in [5.74, 6) is 0.603. The molecule has 3 aliphatic rings. The highest BCUT2D eigenvalue weighted by atomic mass is 16.2. The normalized spacial score (nSPS) is 23.1. The molecule has 2 aliphatic heterocycles. The molecule has 0 saturated carbocycles. The van der Waals surface area contributed by atoms with Crippen LogP contribution in [0.15, 0.2) is 24.3 Å². The number of hydrogen-bond acceptors (Lipinski definition) is 3. The zero-order chi connectivity index (χ0) is 21.8. The number of hydrogen-bond donors (Lipinski definition) is 1. The molecule has 1 unspecified atom stereocenters. The van der Waals surface area contributed by atoms with Crippen molar-refractivity contribution in [2.24, 2.45) is 0 Å². The number of piperidine rings is 1. The van der Waals surface area contributed by atoms with Gasteiger partial charge in [0.1, 0.15) is 0 Å². The summed E-state index contributed by atoms with van der Waals surface area (Å²) in [6.45, 7) is 8.11. The summed E-state index contributed by atoms with van der Waals surface area (Å²) in [7, 11) is 2.12. The molecule has 1 N–H and O–H groups in total. The summed E-state index contributed by atoms with van der Waals surface area (Å²) in [6.07, 6.45) is 5.75. The average molecular weight is 427 g/mol. The first-order chi connectivity index (χ1) is 15.0. The third-order valence-electron chi connectivity index (χ3n) is 7.70. The van der Waals surface area contributed by atoms with Crippen molar-refractivity contribution in [2.75, 3.05) is 52.9 Å². The van der Waals surface area contributed by atoms with E-state index in [1.54, 1.807) is 0 Å². The Morgan fingerprint density at radius 1 is 1.03 bits per heavy atom. The molecule has 0 aromatic heterocycles. The SMILES string of the molecule is CCCCNC(=O)N1CCC2(CC1)CC(CC(=O)N1CCN(C)CC1)c1ccccc12. The molecular formula is C25H38N4O2. The average Bonchev–Trinajstić information content (AvgIpc) is 3.08. The van der Waals surface area contributed by atoms with Gasteiger partial charge in [-0.05, 0) is 55.2 Å². The molecule has 170 valence electrons. The van der Waals surface area contributed by atoms with Crippen LogP contribution in [0, 0.1) is 0 Å². The summed E-state index contributed by atoms with van der Waals surface area (Å²) in [6, 6.07) is 8.83. The third-order valence-corrected chi connectivity index (χ3v) is 7.70. The van der Waals surface area contributed by atoms with Crippen LogP contribution in [-0.2, 0) is 10.2 Å². The summed E-state index contributed by atoms with van der Waals surface area (Å²) < 4.78 is 0. The number of unbranched alkanes of at least 4 members (excludes halogenated alkanes) is 1. The van der Waals surface area contributed by atoms with Crippen molar-refractivity contribution in [1.82, 2.24) is 20.0 Å². The highest BCUT2D eigenvalue weighted by Crippen LogP contribution is 2.52. The summed E-state index contributed by atoms with van der Waals surface area (Å²) >= 11 is 0. The molecule has 1 aromatic rings. The number of likely N-dealkylation sites (tertiary alicyclic amines) is 1. The number of piperazine rings is 1. The monoisotopic (exact) mass is 426 g/mol. The summed E-state index contributed by atoms with van der Waals surface area (Å²) in [5.41, 5.74) is 2.91. The van der Waals surface area contributed by atoms with Crippen molar-refractivity contribution in [1.29, 1.82) is 0 Å². The molecule has 0 bridgehead atoms. The number of nitrogens with one attached hydrogen (secondary N) is 1. The largest absolute Gasteiger partial charge is 0.340 e. The fourth-order valence-electron chi connectivity index (χ4n) is 5.70. The molecule has 6 heteroatoms. The molecule has 3 amide bonds. The van der Waals surface area contributed by atoms with Gasteiger partial charge in [0.25, 0.3) is 0 Å². The van der Waals surface area contributed by atoms with Gasteiger partial charge in [0.15, 0.2) is 0 Å². The van der Waals surface area contributed by atoms with Crippen LogP contribution in [-0.4, -0.2) is 79.5 Å². The molecule has 6 nitrogen and oxygen atoms in total. The maximum Gasteiger partial charge on any atom is 0.317 e. The van der Waals surface area contributed by atoms with E-state index in [4.69, 9.17) is 0 Å². The molecule has 4 rings (SSSR count). The molecule has 1 spiro atoms. The van der Waals surface area contributed by atoms with Gasteiger partial charge in [-0.15, -0.1) is 0 Å². The van der Waals surface area contributed by atoms with Crippen LogP contribution < -0.4 is 5.32 Å². The van der Waals surface area contributed by atoms with Gasteiger partial charge in [-0.3, -0.25) is 4.79 Å². The Balaban J connectivity index is 1.40. The molecule has 1 aromatic carbocycles. The van der Waals surface area contributed by atoms with Crippen molar-refractivity contribution in [2.45, 2.75) is 56.8 Å². The Morgan fingerprint density at radius 2 is 1.74 bits per heavy atom. The highest BCUT2D eigenvalue weighted by molar-refractivity contribution is 5.78. The van der Waals surface area contributed by atoms with Crippen molar-refractivity contribution in [3.05, 3.63) is 35.4 Å². The van der Waals surface area contributed by atoms with E-state index in [2.05, 4.69) is 53.4 Å². The lowest BCUT2D eigenvalue weighted by molar-refractivity contribution is -0.133. The molecule has 31 heavy (non-hydrogen) atoms. The number of fused-ring (bicyclic) bond motifs is 2. The Bertz CT molecular complexity index is 779. The fraction of sp³-hybridized carbons (Fsp3) is 0.680. The maximum absolute atomic E-state index is 13.1. The molecule has 0 radical (unpaired) electrons. The van der Waals surface area contributed by atoms with E-state index in [0.29, 0.717) is 18.2 Å². The first-order valence-corrected chi connectivity index (χ1v) is 12.1. The van der Waals surface area contributed by atoms with Crippen molar-refractivity contribution in [3.8, 4) is 0 Å². The lowest BCUT2D eigenvalue weighted by atomic mass is 9.73. The first kappa shape index (κ1) is 22.1. The van der Waals surface area contributed by atoms with Crippen LogP contribution in [0.4, 0.5) is 4.79 Å². The van der Waals surface area contributed by atoms with E-state index in [1.807, 2.05) is 4.90 Å². The number of urea groups is 1. The van der Waals surface area contributed by atoms with Crippen molar-refractivity contribution >= 4 is 11.9 Å². The Hall–Kier alpha value is -2.08.